The highest BCUT2D eigenvalue weighted by Gasteiger charge is 2.33. The Kier molecular flexibility index (Phi) is 4.54. The molecule has 3 unspecified atom stereocenters. The van der Waals surface area contributed by atoms with Crippen molar-refractivity contribution < 1.29 is 24.2 Å². The first-order chi connectivity index (χ1) is 8.66. The molecule has 0 aromatic heterocycles. The van der Waals surface area contributed by atoms with Gasteiger partial charge in [-0.2, -0.15) is 0 Å². The van der Waals surface area contributed by atoms with Crippen molar-refractivity contribution in [2.75, 3.05) is 26.4 Å². The maximum Gasteiger partial charge on any atom is 0.306 e. The normalized spacial score (nSPS) is 32.1. The van der Waals surface area contributed by atoms with Gasteiger partial charge in [0, 0.05) is 12.5 Å². The van der Waals surface area contributed by atoms with Crippen LogP contribution in [0, 0.1) is 11.8 Å². The number of amides is 1. The lowest BCUT2D eigenvalue weighted by Crippen LogP contribution is -2.41. The molecule has 1 aliphatic carbocycles. The van der Waals surface area contributed by atoms with Crippen molar-refractivity contribution in [1.82, 2.24) is 5.32 Å². The van der Waals surface area contributed by atoms with Crippen LogP contribution in [-0.2, 0) is 19.1 Å². The second-order valence-corrected chi connectivity index (χ2v) is 4.86. The van der Waals surface area contributed by atoms with Gasteiger partial charge in [0.15, 0.2) is 0 Å². The first-order valence-corrected chi connectivity index (χ1v) is 6.36. The van der Waals surface area contributed by atoms with E-state index in [4.69, 9.17) is 14.6 Å². The molecule has 1 heterocycles. The van der Waals surface area contributed by atoms with Gasteiger partial charge in [0.1, 0.15) is 0 Å². The number of ether oxygens (including phenoxy) is 2. The lowest BCUT2D eigenvalue weighted by Gasteiger charge is -2.23. The fourth-order valence-corrected chi connectivity index (χ4v) is 2.46. The van der Waals surface area contributed by atoms with Crippen LogP contribution < -0.4 is 5.32 Å². The summed E-state index contributed by atoms with van der Waals surface area (Å²) < 4.78 is 10.7. The zero-order valence-electron chi connectivity index (χ0n) is 10.3. The predicted molar refractivity (Wildman–Crippen MR) is 62.0 cm³/mol. The zero-order chi connectivity index (χ0) is 13.0. The molecule has 2 fully saturated rings. The van der Waals surface area contributed by atoms with E-state index in [2.05, 4.69) is 5.32 Å². The largest absolute Gasteiger partial charge is 0.481 e. The van der Waals surface area contributed by atoms with Crippen LogP contribution >= 0.6 is 0 Å². The average Bonchev–Trinajstić information content (AvgIpc) is 2.87. The van der Waals surface area contributed by atoms with E-state index in [0.717, 1.165) is 0 Å². The number of aliphatic carboxylic acids is 1. The molecule has 1 saturated heterocycles. The summed E-state index contributed by atoms with van der Waals surface area (Å²) in [6.45, 7) is 2.11. The summed E-state index contributed by atoms with van der Waals surface area (Å²) in [6.07, 6.45) is 1.61. The highest BCUT2D eigenvalue weighted by Crippen LogP contribution is 2.31. The first-order valence-electron chi connectivity index (χ1n) is 6.36. The van der Waals surface area contributed by atoms with Crippen molar-refractivity contribution in [3.05, 3.63) is 0 Å². The minimum atomic E-state index is -0.797. The molecule has 3 atom stereocenters. The van der Waals surface area contributed by atoms with Gasteiger partial charge in [0.05, 0.1) is 31.8 Å². The van der Waals surface area contributed by atoms with Gasteiger partial charge in [0.2, 0.25) is 5.91 Å². The van der Waals surface area contributed by atoms with Crippen LogP contribution in [0.1, 0.15) is 19.3 Å². The molecule has 6 nitrogen and oxygen atoms in total. The summed E-state index contributed by atoms with van der Waals surface area (Å²) in [5.41, 5.74) is 0. The molecule has 0 radical (unpaired) electrons. The molecule has 2 N–H and O–H groups in total. The summed E-state index contributed by atoms with van der Waals surface area (Å²) in [4.78, 5) is 22.7. The van der Waals surface area contributed by atoms with Gasteiger partial charge in [-0.25, -0.2) is 0 Å². The van der Waals surface area contributed by atoms with Crippen LogP contribution in [-0.4, -0.2) is 49.5 Å². The molecule has 0 bridgehead atoms. The number of carboxylic acid groups (broad SMARTS) is 1. The van der Waals surface area contributed by atoms with E-state index in [0.29, 0.717) is 45.6 Å². The molecule has 6 heteroatoms. The van der Waals surface area contributed by atoms with E-state index in [1.807, 2.05) is 0 Å². The number of hydrogen-bond acceptors (Lipinski definition) is 4. The Labute approximate surface area is 106 Å². The van der Waals surface area contributed by atoms with Crippen molar-refractivity contribution in [1.29, 1.82) is 0 Å². The number of carbonyl (C=O) groups is 2. The second-order valence-electron chi connectivity index (χ2n) is 4.86. The molecule has 2 aliphatic rings. The highest BCUT2D eigenvalue weighted by atomic mass is 16.6. The van der Waals surface area contributed by atoms with Crippen molar-refractivity contribution in [3.8, 4) is 0 Å². The maximum atomic E-state index is 11.9. The molecule has 1 aliphatic heterocycles. The third kappa shape index (κ3) is 3.43. The molecule has 0 spiro atoms. The summed E-state index contributed by atoms with van der Waals surface area (Å²) >= 11 is 0. The maximum absolute atomic E-state index is 11.9. The van der Waals surface area contributed by atoms with Crippen LogP contribution in [0.2, 0.25) is 0 Å². The van der Waals surface area contributed by atoms with Crippen LogP contribution in [0.15, 0.2) is 0 Å². The Hall–Kier alpha value is -1.14. The van der Waals surface area contributed by atoms with Gasteiger partial charge in [0.25, 0.3) is 0 Å². The van der Waals surface area contributed by atoms with Gasteiger partial charge in [-0.3, -0.25) is 9.59 Å². The third-order valence-corrected chi connectivity index (χ3v) is 3.54. The third-order valence-electron chi connectivity index (χ3n) is 3.54. The Morgan fingerprint density at radius 1 is 1.22 bits per heavy atom. The van der Waals surface area contributed by atoms with Crippen LogP contribution in [0.3, 0.4) is 0 Å². The van der Waals surface area contributed by atoms with Gasteiger partial charge in [-0.05, 0) is 19.3 Å². The van der Waals surface area contributed by atoms with Crippen molar-refractivity contribution >= 4 is 11.9 Å². The summed E-state index contributed by atoms with van der Waals surface area (Å²) in [5, 5.41) is 11.7. The molecule has 0 aromatic rings. The predicted octanol–water partition coefficient (Wildman–Crippen LogP) is 0.0189. The summed E-state index contributed by atoms with van der Waals surface area (Å²) in [7, 11) is 0. The van der Waals surface area contributed by atoms with Gasteiger partial charge < -0.3 is 19.9 Å². The van der Waals surface area contributed by atoms with E-state index >= 15 is 0 Å². The second kappa shape index (κ2) is 6.15. The number of hydrogen-bond donors (Lipinski definition) is 2. The molecular formula is C12H19NO5. The van der Waals surface area contributed by atoms with Gasteiger partial charge in [-0.1, -0.05) is 0 Å². The van der Waals surface area contributed by atoms with E-state index < -0.39 is 5.97 Å². The molecular weight excluding hydrogens is 238 g/mol. The van der Waals surface area contributed by atoms with Crippen LogP contribution in [0.5, 0.6) is 0 Å². The first kappa shape index (κ1) is 13.3. The lowest BCUT2D eigenvalue weighted by molar-refractivity contribution is -0.141. The minimum Gasteiger partial charge on any atom is -0.481 e. The fraction of sp³-hybridized carbons (Fsp3) is 0.833. The standard InChI is InChI=1S/C12H19NO5/c14-11(8-1-2-9(5-8)12(15)16)13-6-10-7-17-3-4-18-10/h8-10H,1-7H2,(H,13,14)(H,15,16). The Balaban J connectivity index is 1.70. The monoisotopic (exact) mass is 257 g/mol. The van der Waals surface area contributed by atoms with Gasteiger partial charge >= 0.3 is 5.97 Å². The Morgan fingerprint density at radius 2 is 2.00 bits per heavy atom. The molecule has 2 rings (SSSR count). The highest BCUT2D eigenvalue weighted by molar-refractivity contribution is 5.80. The molecule has 18 heavy (non-hydrogen) atoms. The topological polar surface area (TPSA) is 84.9 Å². The molecule has 1 saturated carbocycles. The average molecular weight is 257 g/mol. The zero-order valence-corrected chi connectivity index (χ0v) is 10.3. The van der Waals surface area contributed by atoms with Crippen LogP contribution in [0.4, 0.5) is 0 Å². The lowest BCUT2D eigenvalue weighted by atomic mass is 10.0. The van der Waals surface area contributed by atoms with Gasteiger partial charge in [-0.15, -0.1) is 0 Å². The summed E-state index contributed by atoms with van der Waals surface area (Å²) in [6, 6.07) is 0. The Bertz CT molecular complexity index is 314. The fourth-order valence-electron chi connectivity index (χ4n) is 2.46. The van der Waals surface area contributed by atoms with E-state index in [1.54, 1.807) is 0 Å². The smallest absolute Gasteiger partial charge is 0.306 e. The van der Waals surface area contributed by atoms with Crippen molar-refractivity contribution in [3.63, 3.8) is 0 Å². The minimum absolute atomic E-state index is 0.0621. The molecule has 0 aromatic carbocycles. The molecule has 1 amide bonds. The van der Waals surface area contributed by atoms with E-state index in [1.165, 1.54) is 0 Å². The quantitative estimate of drug-likeness (QED) is 0.741. The number of rotatable bonds is 4. The molecule has 102 valence electrons. The van der Waals surface area contributed by atoms with Crippen molar-refractivity contribution in [2.24, 2.45) is 11.8 Å². The van der Waals surface area contributed by atoms with Crippen molar-refractivity contribution in [2.45, 2.75) is 25.4 Å². The summed E-state index contributed by atoms with van der Waals surface area (Å²) in [5.74, 6) is -1.40. The van der Waals surface area contributed by atoms with Crippen LogP contribution in [0.25, 0.3) is 0 Å². The SMILES string of the molecule is O=C(O)C1CCC(C(=O)NCC2COCCO2)C1. The number of carbonyl (C=O) groups excluding carboxylic acids is 1. The number of carboxylic acids is 1. The van der Waals surface area contributed by atoms with E-state index in [9.17, 15) is 9.59 Å². The Morgan fingerprint density at radius 3 is 2.61 bits per heavy atom. The van der Waals surface area contributed by atoms with E-state index in [-0.39, 0.29) is 23.8 Å². The number of nitrogens with one attached hydrogen (secondary N) is 1.